The second-order valence-corrected chi connectivity index (χ2v) is 3.74. The number of ether oxygens (including phenoxy) is 2. The van der Waals surface area contributed by atoms with Crippen LogP contribution in [0.5, 0.6) is 0 Å². The largest absolute Gasteiger partial charge is 0.394 e. The van der Waals surface area contributed by atoms with Crippen LogP contribution in [0.3, 0.4) is 0 Å². The van der Waals surface area contributed by atoms with Gasteiger partial charge in [-0.2, -0.15) is 0 Å². The van der Waals surface area contributed by atoms with Crippen molar-refractivity contribution in [1.29, 1.82) is 0 Å². The molecule has 0 aliphatic heterocycles. The van der Waals surface area contributed by atoms with Crippen LogP contribution in [0.2, 0.25) is 0 Å². The average Bonchev–Trinajstić information content (AvgIpc) is 2.18. The van der Waals surface area contributed by atoms with Crippen LogP contribution in [0.1, 0.15) is 40.0 Å². The Balaban J connectivity index is 3.51. The average molecular weight is 204 g/mol. The Bertz CT molecular complexity index is 128. The molecule has 0 saturated carbocycles. The van der Waals surface area contributed by atoms with Crippen molar-refractivity contribution in [2.75, 3.05) is 26.4 Å². The van der Waals surface area contributed by atoms with Gasteiger partial charge in [0.2, 0.25) is 0 Å². The summed E-state index contributed by atoms with van der Waals surface area (Å²) in [6.45, 7) is 8.12. The summed E-state index contributed by atoms with van der Waals surface area (Å²) in [4.78, 5) is 0. The highest BCUT2D eigenvalue weighted by Gasteiger charge is 2.20. The summed E-state index contributed by atoms with van der Waals surface area (Å²) in [5, 5.41) is 8.49. The molecule has 1 unspecified atom stereocenters. The summed E-state index contributed by atoms with van der Waals surface area (Å²) < 4.78 is 10.9. The van der Waals surface area contributed by atoms with Crippen molar-refractivity contribution in [3.05, 3.63) is 0 Å². The molecule has 0 fully saturated rings. The van der Waals surface area contributed by atoms with Crippen molar-refractivity contribution in [3.8, 4) is 0 Å². The molecular formula is C11H24O3. The predicted molar refractivity (Wildman–Crippen MR) is 57.5 cm³/mol. The first-order valence-corrected chi connectivity index (χ1v) is 5.51. The van der Waals surface area contributed by atoms with Gasteiger partial charge in [-0.15, -0.1) is 0 Å². The topological polar surface area (TPSA) is 38.7 Å². The molecule has 3 nitrogen and oxygen atoms in total. The molecule has 0 saturated heterocycles. The van der Waals surface area contributed by atoms with Gasteiger partial charge >= 0.3 is 0 Å². The third kappa shape index (κ3) is 6.35. The minimum absolute atomic E-state index is 0.00265. The Morgan fingerprint density at radius 1 is 1.14 bits per heavy atom. The van der Waals surface area contributed by atoms with Gasteiger partial charge in [0.15, 0.2) is 0 Å². The monoisotopic (exact) mass is 204 g/mol. The molecule has 1 atom stereocenters. The molecule has 0 aliphatic carbocycles. The Kier molecular flexibility index (Phi) is 8.14. The standard InChI is InChI=1S/C11H24O3/c1-4-6-11(3,5-2)14-10-9-13-8-7-12/h12H,4-10H2,1-3H3. The highest BCUT2D eigenvalue weighted by molar-refractivity contribution is 4.72. The number of aliphatic hydroxyl groups excluding tert-OH is 1. The Hall–Kier alpha value is -0.120. The molecular weight excluding hydrogens is 180 g/mol. The molecule has 0 amide bonds. The number of hydrogen-bond donors (Lipinski definition) is 1. The molecule has 14 heavy (non-hydrogen) atoms. The maximum absolute atomic E-state index is 8.49. The molecule has 0 aromatic rings. The van der Waals surface area contributed by atoms with E-state index in [1.54, 1.807) is 0 Å². The van der Waals surface area contributed by atoms with Crippen molar-refractivity contribution in [2.24, 2.45) is 0 Å². The van der Waals surface area contributed by atoms with E-state index in [9.17, 15) is 0 Å². The summed E-state index contributed by atoms with van der Waals surface area (Å²) in [7, 11) is 0. The smallest absolute Gasteiger partial charge is 0.0707 e. The van der Waals surface area contributed by atoms with Gasteiger partial charge in [-0.25, -0.2) is 0 Å². The number of rotatable bonds is 9. The summed E-state index contributed by atoms with van der Waals surface area (Å²) in [5.74, 6) is 0. The van der Waals surface area contributed by atoms with E-state index in [1.165, 1.54) is 0 Å². The van der Waals surface area contributed by atoms with Crippen LogP contribution < -0.4 is 0 Å². The highest BCUT2D eigenvalue weighted by Crippen LogP contribution is 2.21. The fourth-order valence-corrected chi connectivity index (χ4v) is 1.39. The lowest BCUT2D eigenvalue weighted by atomic mass is 9.97. The first-order chi connectivity index (χ1) is 6.68. The molecule has 0 rings (SSSR count). The van der Waals surface area contributed by atoms with Gasteiger partial charge in [0.25, 0.3) is 0 Å². The van der Waals surface area contributed by atoms with Gasteiger partial charge < -0.3 is 14.6 Å². The van der Waals surface area contributed by atoms with Gasteiger partial charge in [0, 0.05) is 0 Å². The van der Waals surface area contributed by atoms with Crippen molar-refractivity contribution in [1.82, 2.24) is 0 Å². The van der Waals surface area contributed by atoms with E-state index >= 15 is 0 Å². The Morgan fingerprint density at radius 3 is 2.36 bits per heavy atom. The summed E-state index contributed by atoms with van der Waals surface area (Å²) in [6.07, 6.45) is 3.26. The van der Waals surface area contributed by atoms with Gasteiger partial charge in [-0.1, -0.05) is 20.3 Å². The molecule has 86 valence electrons. The van der Waals surface area contributed by atoms with Crippen molar-refractivity contribution >= 4 is 0 Å². The van der Waals surface area contributed by atoms with E-state index in [-0.39, 0.29) is 12.2 Å². The third-order valence-electron chi connectivity index (χ3n) is 2.44. The first-order valence-electron chi connectivity index (χ1n) is 5.51. The van der Waals surface area contributed by atoms with E-state index in [4.69, 9.17) is 14.6 Å². The normalized spacial score (nSPS) is 15.4. The van der Waals surface area contributed by atoms with Crippen LogP contribution in [-0.2, 0) is 9.47 Å². The van der Waals surface area contributed by atoms with Crippen LogP contribution in [0.15, 0.2) is 0 Å². The first kappa shape index (κ1) is 13.9. The zero-order chi connectivity index (χ0) is 10.9. The van der Waals surface area contributed by atoms with E-state index in [0.717, 1.165) is 19.3 Å². The lowest BCUT2D eigenvalue weighted by Gasteiger charge is -2.28. The molecule has 3 heteroatoms. The fraction of sp³-hybridized carbons (Fsp3) is 1.00. The third-order valence-corrected chi connectivity index (χ3v) is 2.44. The molecule has 0 aliphatic rings. The molecule has 1 N–H and O–H groups in total. The second-order valence-electron chi connectivity index (χ2n) is 3.74. The van der Waals surface area contributed by atoms with E-state index in [1.807, 2.05) is 0 Å². The maximum atomic E-state index is 8.49. The maximum Gasteiger partial charge on any atom is 0.0707 e. The van der Waals surface area contributed by atoms with Crippen molar-refractivity contribution < 1.29 is 14.6 Å². The van der Waals surface area contributed by atoms with E-state index in [0.29, 0.717) is 19.8 Å². The van der Waals surface area contributed by atoms with Gasteiger partial charge in [0.1, 0.15) is 0 Å². The van der Waals surface area contributed by atoms with Crippen LogP contribution in [-0.4, -0.2) is 37.1 Å². The Labute approximate surface area is 87.4 Å². The van der Waals surface area contributed by atoms with Gasteiger partial charge in [-0.3, -0.25) is 0 Å². The molecule has 0 spiro atoms. The minimum atomic E-state index is -0.00265. The number of aliphatic hydroxyl groups is 1. The quantitative estimate of drug-likeness (QED) is 0.584. The summed E-state index contributed by atoms with van der Waals surface area (Å²) in [5.41, 5.74) is -0.00265. The molecule has 0 heterocycles. The minimum Gasteiger partial charge on any atom is -0.394 e. The second kappa shape index (κ2) is 8.21. The van der Waals surface area contributed by atoms with Crippen LogP contribution in [0.25, 0.3) is 0 Å². The van der Waals surface area contributed by atoms with Crippen LogP contribution in [0, 0.1) is 0 Å². The van der Waals surface area contributed by atoms with Crippen LogP contribution >= 0.6 is 0 Å². The lowest BCUT2D eigenvalue weighted by Crippen LogP contribution is -2.29. The van der Waals surface area contributed by atoms with Gasteiger partial charge in [-0.05, 0) is 19.8 Å². The molecule has 0 aromatic carbocycles. The predicted octanol–water partition coefficient (Wildman–Crippen LogP) is 1.98. The zero-order valence-electron chi connectivity index (χ0n) is 9.71. The van der Waals surface area contributed by atoms with Crippen molar-refractivity contribution in [3.63, 3.8) is 0 Å². The SMILES string of the molecule is CCCC(C)(CC)OCCOCCO. The molecule has 0 bridgehead atoms. The van der Waals surface area contributed by atoms with E-state index < -0.39 is 0 Å². The molecule has 0 radical (unpaired) electrons. The lowest BCUT2D eigenvalue weighted by molar-refractivity contribution is -0.0660. The van der Waals surface area contributed by atoms with E-state index in [2.05, 4.69) is 20.8 Å². The summed E-state index contributed by atoms with van der Waals surface area (Å²) in [6, 6.07) is 0. The fourth-order valence-electron chi connectivity index (χ4n) is 1.39. The Morgan fingerprint density at radius 2 is 1.86 bits per heavy atom. The zero-order valence-corrected chi connectivity index (χ0v) is 9.71. The van der Waals surface area contributed by atoms with Gasteiger partial charge in [0.05, 0.1) is 32.0 Å². The highest BCUT2D eigenvalue weighted by atomic mass is 16.5. The number of hydrogen-bond acceptors (Lipinski definition) is 3. The van der Waals surface area contributed by atoms with Crippen LogP contribution in [0.4, 0.5) is 0 Å². The van der Waals surface area contributed by atoms with Crippen molar-refractivity contribution in [2.45, 2.75) is 45.6 Å². The molecule has 0 aromatic heterocycles. The summed E-state index contributed by atoms with van der Waals surface area (Å²) >= 11 is 0.